The topological polar surface area (TPSA) is 96.0 Å². The van der Waals surface area contributed by atoms with Crippen molar-refractivity contribution in [3.8, 4) is 5.75 Å². The van der Waals surface area contributed by atoms with E-state index in [1.165, 1.54) is 36.3 Å². The Morgan fingerprint density at radius 3 is 2.13 bits per heavy atom. The van der Waals surface area contributed by atoms with Crippen molar-refractivity contribution in [2.45, 2.75) is 50.6 Å². The van der Waals surface area contributed by atoms with Crippen LogP contribution in [0.15, 0.2) is 108 Å². The third-order valence-electron chi connectivity index (χ3n) is 7.62. The van der Waals surface area contributed by atoms with E-state index in [2.05, 4.69) is 5.32 Å². The smallest absolute Gasteiger partial charge is 0.264 e. The summed E-state index contributed by atoms with van der Waals surface area (Å²) in [7, 11) is -2.75. The van der Waals surface area contributed by atoms with Crippen LogP contribution < -0.4 is 14.4 Å². The number of amides is 2. The van der Waals surface area contributed by atoms with Gasteiger partial charge in [-0.3, -0.25) is 13.9 Å². The van der Waals surface area contributed by atoms with Gasteiger partial charge in [-0.2, -0.15) is 0 Å². The molecule has 8 nitrogen and oxygen atoms in total. The first-order chi connectivity index (χ1) is 22.1. The van der Waals surface area contributed by atoms with Crippen LogP contribution in [0.4, 0.5) is 10.1 Å². The molecule has 4 aromatic carbocycles. The normalized spacial score (nSPS) is 11.8. The molecule has 0 unspecified atom stereocenters. The number of hydrogen-bond donors (Lipinski definition) is 1. The van der Waals surface area contributed by atoms with Crippen molar-refractivity contribution in [1.82, 2.24) is 10.2 Å². The Morgan fingerprint density at radius 1 is 0.870 bits per heavy atom. The molecule has 2 amide bonds. The number of halogens is 1. The number of nitrogens with zero attached hydrogens (tertiary/aromatic N) is 2. The fourth-order valence-corrected chi connectivity index (χ4v) is 6.38. The molecule has 0 bridgehead atoms. The number of nitrogens with one attached hydrogen (secondary N) is 1. The van der Waals surface area contributed by atoms with Crippen molar-refractivity contribution < 1.29 is 27.1 Å². The van der Waals surface area contributed by atoms with Crippen molar-refractivity contribution in [2.75, 3.05) is 24.5 Å². The van der Waals surface area contributed by atoms with E-state index in [4.69, 9.17) is 4.74 Å². The quantitative estimate of drug-likeness (QED) is 0.163. The molecular formula is C36H40FN3O5S. The zero-order chi connectivity index (χ0) is 33.1. The first kappa shape index (κ1) is 34.2. The summed E-state index contributed by atoms with van der Waals surface area (Å²) < 4.78 is 48.4. The number of carbonyl (C=O) groups is 2. The first-order valence-electron chi connectivity index (χ1n) is 15.2. The van der Waals surface area contributed by atoms with Crippen molar-refractivity contribution in [2.24, 2.45) is 0 Å². The summed E-state index contributed by atoms with van der Waals surface area (Å²) in [6, 6.07) is 26.8. The Kier molecular flexibility index (Phi) is 11.9. The summed E-state index contributed by atoms with van der Waals surface area (Å²) in [6.45, 7) is 3.71. The van der Waals surface area contributed by atoms with Gasteiger partial charge in [0.2, 0.25) is 11.8 Å². The molecule has 0 fully saturated rings. The van der Waals surface area contributed by atoms with Gasteiger partial charge in [-0.15, -0.1) is 0 Å². The van der Waals surface area contributed by atoms with Crippen LogP contribution >= 0.6 is 0 Å². The monoisotopic (exact) mass is 645 g/mol. The number of methoxy groups -OCH3 is 1. The summed E-state index contributed by atoms with van der Waals surface area (Å²) in [5.74, 6) is -0.891. The molecule has 242 valence electrons. The molecule has 4 rings (SSSR count). The van der Waals surface area contributed by atoms with Gasteiger partial charge in [0.05, 0.1) is 17.7 Å². The number of benzene rings is 4. The van der Waals surface area contributed by atoms with E-state index in [9.17, 15) is 22.4 Å². The zero-order valence-electron chi connectivity index (χ0n) is 26.4. The van der Waals surface area contributed by atoms with E-state index in [1.807, 2.05) is 44.2 Å². The molecule has 0 saturated heterocycles. The van der Waals surface area contributed by atoms with E-state index in [-0.39, 0.29) is 23.8 Å². The van der Waals surface area contributed by atoms with Gasteiger partial charge in [-0.1, -0.05) is 73.5 Å². The minimum Gasteiger partial charge on any atom is -0.497 e. The molecule has 0 heterocycles. The van der Waals surface area contributed by atoms with E-state index >= 15 is 0 Å². The maximum absolute atomic E-state index is 14.5. The molecule has 1 atom stereocenters. The summed E-state index contributed by atoms with van der Waals surface area (Å²) in [4.78, 5) is 29.6. The maximum Gasteiger partial charge on any atom is 0.264 e. The lowest BCUT2D eigenvalue weighted by Gasteiger charge is -2.34. The maximum atomic E-state index is 14.5. The second-order valence-electron chi connectivity index (χ2n) is 11.0. The average molecular weight is 646 g/mol. The van der Waals surface area contributed by atoms with Crippen LogP contribution in [0.25, 0.3) is 0 Å². The van der Waals surface area contributed by atoms with E-state index in [0.717, 1.165) is 28.3 Å². The van der Waals surface area contributed by atoms with Crippen LogP contribution in [-0.2, 0) is 32.6 Å². The SMILES string of the molecule is CCCCNC(=O)[C@@H](Cc1ccccc1)N(Cc1ccc(F)cc1)C(=O)CN(c1ccc(C)cc1)S(=O)(=O)c1ccc(OC)cc1. The number of rotatable bonds is 15. The van der Waals surface area contributed by atoms with Crippen molar-refractivity contribution in [3.05, 3.63) is 126 Å². The fourth-order valence-electron chi connectivity index (χ4n) is 4.96. The third-order valence-corrected chi connectivity index (χ3v) is 9.40. The lowest BCUT2D eigenvalue weighted by atomic mass is 10.0. The molecule has 0 saturated carbocycles. The molecule has 0 aliphatic carbocycles. The first-order valence-corrected chi connectivity index (χ1v) is 16.7. The summed E-state index contributed by atoms with van der Waals surface area (Å²) >= 11 is 0. The molecular weight excluding hydrogens is 605 g/mol. The van der Waals surface area contributed by atoms with Gasteiger partial charge < -0.3 is 15.0 Å². The minimum atomic E-state index is -4.24. The highest BCUT2D eigenvalue weighted by atomic mass is 32.2. The van der Waals surface area contributed by atoms with Crippen LogP contribution in [0.3, 0.4) is 0 Å². The largest absolute Gasteiger partial charge is 0.497 e. The average Bonchev–Trinajstić information content (AvgIpc) is 3.07. The Morgan fingerprint density at radius 2 is 1.52 bits per heavy atom. The highest BCUT2D eigenvalue weighted by Crippen LogP contribution is 2.27. The van der Waals surface area contributed by atoms with Crippen LogP contribution in [0.5, 0.6) is 5.75 Å². The van der Waals surface area contributed by atoms with Crippen LogP contribution in [0, 0.1) is 12.7 Å². The number of sulfonamides is 1. The summed E-state index contributed by atoms with van der Waals surface area (Å²) in [6.07, 6.45) is 1.83. The highest BCUT2D eigenvalue weighted by molar-refractivity contribution is 7.92. The lowest BCUT2D eigenvalue weighted by molar-refractivity contribution is -0.140. The lowest BCUT2D eigenvalue weighted by Crippen LogP contribution is -2.53. The second kappa shape index (κ2) is 16.0. The Bertz CT molecular complexity index is 1680. The molecule has 46 heavy (non-hydrogen) atoms. The molecule has 4 aromatic rings. The summed E-state index contributed by atoms with van der Waals surface area (Å²) in [5, 5.41) is 2.96. The Hall–Kier alpha value is -4.70. The predicted molar refractivity (Wildman–Crippen MR) is 178 cm³/mol. The fraction of sp³-hybridized carbons (Fsp3) is 0.278. The van der Waals surface area contributed by atoms with Gasteiger partial charge in [0.1, 0.15) is 24.2 Å². The van der Waals surface area contributed by atoms with Crippen molar-refractivity contribution in [3.63, 3.8) is 0 Å². The summed E-state index contributed by atoms with van der Waals surface area (Å²) in [5.41, 5.74) is 2.63. The van der Waals surface area contributed by atoms with Crippen molar-refractivity contribution >= 4 is 27.5 Å². The van der Waals surface area contributed by atoms with Crippen LogP contribution in [-0.4, -0.2) is 51.4 Å². The second-order valence-corrected chi connectivity index (χ2v) is 12.9. The van der Waals surface area contributed by atoms with Gasteiger partial charge in [0.25, 0.3) is 10.0 Å². The predicted octanol–water partition coefficient (Wildman–Crippen LogP) is 5.89. The number of carbonyl (C=O) groups excluding carboxylic acids is 2. The zero-order valence-corrected chi connectivity index (χ0v) is 27.2. The van der Waals surface area contributed by atoms with E-state index in [0.29, 0.717) is 23.5 Å². The number of hydrogen-bond acceptors (Lipinski definition) is 5. The van der Waals surface area contributed by atoms with Gasteiger partial charge in [-0.05, 0) is 73.0 Å². The molecule has 1 N–H and O–H groups in total. The number of unbranched alkanes of at least 4 members (excludes halogenated alkanes) is 1. The number of anilines is 1. The minimum absolute atomic E-state index is 0.0232. The molecule has 0 aliphatic rings. The molecule has 0 aliphatic heterocycles. The van der Waals surface area contributed by atoms with Crippen LogP contribution in [0.2, 0.25) is 0 Å². The van der Waals surface area contributed by atoms with Gasteiger partial charge >= 0.3 is 0 Å². The van der Waals surface area contributed by atoms with Crippen molar-refractivity contribution in [1.29, 1.82) is 0 Å². The molecule has 10 heteroatoms. The third kappa shape index (κ3) is 8.94. The number of aryl methyl sites for hydroxylation is 1. The van der Waals surface area contributed by atoms with E-state index in [1.54, 1.807) is 48.5 Å². The standard InChI is InChI=1S/C36H40FN3O5S/c1-4-5-23-38-36(42)34(24-28-9-7-6-8-10-28)39(25-29-13-15-30(37)16-14-29)35(41)26-40(31-17-11-27(2)12-18-31)46(43,44)33-21-19-32(45-3)20-22-33/h6-22,34H,4-5,23-26H2,1-3H3,(H,38,42)/t34-/m1/s1. The van der Waals surface area contributed by atoms with Crippen LogP contribution in [0.1, 0.15) is 36.5 Å². The Balaban J connectivity index is 1.78. The van der Waals surface area contributed by atoms with Gasteiger partial charge in [0.15, 0.2) is 0 Å². The molecule has 0 aromatic heterocycles. The molecule has 0 spiro atoms. The molecule has 0 radical (unpaired) electrons. The Labute approximate surface area is 270 Å². The van der Waals surface area contributed by atoms with E-state index < -0.39 is 34.3 Å². The number of ether oxygens (including phenoxy) is 1. The van der Waals surface area contributed by atoms with Gasteiger partial charge in [0, 0.05) is 19.5 Å². The van der Waals surface area contributed by atoms with Gasteiger partial charge in [-0.25, -0.2) is 12.8 Å². The highest BCUT2D eigenvalue weighted by Gasteiger charge is 2.34.